The zero-order valence-corrected chi connectivity index (χ0v) is 6.34. The summed E-state index contributed by atoms with van der Waals surface area (Å²) in [7, 11) is 0. The van der Waals surface area contributed by atoms with Gasteiger partial charge in [-0.25, -0.2) is 0 Å². The van der Waals surface area contributed by atoms with Crippen molar-refractivity contribution in [2.24, 2.45) is 23.7 Å². The zero-order valence-electron chi connectivity index (χ0n) is 6.34. The fourth-order valence-electron chi connectivity index (χ4n) is 3.44. The van der Waals surface area contributed by atoms with Crippen molar-refractivity contribution in [2.45, 2.75) is 19.3 Å². The quantitative estimate of drug-likeness (QED) is 0.530. The van der Waals surface area contributed by atoms with Gasteiger partial charge in [0, 0.05) is 0 Å². The van der Waals surface area contributed by atoms with Crippen molar-refractivity contribution in [2.75, 3.05) is 13.1 Å². The second-order valence-electron chi connectivity index (χ2n) is 4.31. The summed E-state index contributed by atoms with van der Waals surface area (Å²) in [6, 6.07) is 0. The predicted molar refractivity (Wildman–Crippen MR) is 40.7 cm³/mol. The molecule has 4 aliphatic rings. The standard InChI is InChI=1S/C9H15N/c1-2-10-5-9-7-3-6(1)8(9)4-7/h6-10H,1-5H2. The second kappa shape index (κ2) is 1.76. The molecule has 4 fully saturated rings. The number of rotatable bonds is 0. The third kappa shape index (κ3) is 0.531. The Hall–Kier alpha value is -0.0400. The largest absolute Gasteiger partial charge is 0.316 e. The van der Waals surface area contributed by atoms with Crippen LogP contribution in [-0.4, -0.2) is 13.1 Å². The average Bonchev–Trinajstić information content (AvgIpc) is 2.36. The molecule has 4 atom stereocenters. The molecule has 3 saturated carbocycles. The van der Waals surface area contributed by atoms with Crippen LogP contribution in [-0.2, 0) is 0 Å². The van der Waals surface area contributed by atoms with Gasteiger partial charge in [-0.15, -0.1) is 0 Å². The van der Waals surface area contributed by atoms with E-state index in [-0.39, 0.29) is 0 Å². The molecule has 0 amide bonds. The highest BCUT2D eigenvalue weighted by molar-refractivity contribution is 5.03. The average molecular weight is 137 g/mol. The maximum absolute atomic E-state index is 3.54. The molecule has 0 spiro atoms. The number of hydrogen-bond donors (Lipinski definition) is 1. The van der Waals surface area contributed by atoms with E-state index in [4.69, 9.17) is 0 Å². The summed E-state index contributed by atoms with van der Waals surface area (Å²) < 4.78 is 0. The summed E-state index contributed by atoms with van der Waals surface area (Å²) >= 11 is 0. The molecule has 10 heavy (non-hydrogen) atoms. The maximum Gasteiger partial charge on any atom is -0.00151 e. The molecule has 1 heteroatoms. The minimum atomic E-state index is 1.10. The van der Waals surface area contributed by atoms with E-state index in [1.54, 1.807) is 12.8 Å². The SMILES string of the molecule is C1CC2CC3CC2C3CN1. The van der Waals surface area contributed by atoms with Crippen molar-refractivity contribution in [1.82, 2.24) is 5.32 Å². The molecule has 56 valence electrons. The van der Waals surface area contributed by atoms with E-state index >= 15 is 0 Å². The molecule has 4 rings (SSSR count). The fraction of sp³-hybridized carbons (Fsp3) is 1.00. The van der Waals surface area contributed by atoms with Crippen LogP contribution in [0.5, 0.6) is 0 Å². The van der Waals surface area contributed by atoms with Gasteiger partial charge in [-0.05, 0) is 56.0 Å². The molecule has 1 heterocycles. The molecule has 1 saturated heterocycles. The molecule has 1 aliphatic heterocycles. The van der Waals surface area contributed by atoms with Crippen molar-refractivity contribution >= 4 is 0 Å². The normalized spacial score (nSPS) is 57.6. The van der Waals surface area contributed by atoms with Crippen LogP contribution in [0.3, 0.4) is 0 Å². The van der Waals surface area contributed by atoms with Gasteiger partial charge < -0.3 is 5.32 Å². The monoisotopic (exact) mass is 137 g/mol. The predicted octanol–water partition coefficient (Wildman–Crippen LogP) is 1.25. The van der Waals surface area contributed by atoms with Crippen LogP contribution in [0.4, 0.5) is 0 Å². The van der Waals surface area contributed by atoms with Crippen LogP contribution in [0.25, 0.3) is 0 Å². The topological polar surface area (TPSA) is 12.0 Å². The Morgan fingerprint density at radius 3 is 3.00 bits per heavy atom. The van der Waals surface area contributed by atoms with Gasteiger partial charge in [-0.3, -0.25) is 0 Å². The lowest BCUT2D eigenvalue weighted by Gasteiger charge is -2.35. The second-order valence-corrected chi connectivity index (χ2v) is 4.31. The van der Waals surface area contributed by atoms with Crippen molar-refractivity contribution in [3.05, 3.63) is 0 Å². The Kier molecular flexibility index (Phi) is 0.984. The first-order chi connectivity index (χ1) is 4.95. The molecule has 0 aromatic rings. The van der Waals surface area contributed by atoms with Gasteiger partial charge >= 0.3 is 0 Å². The molecule has 0 radical (unpaired) electrons. The van der Waals surface area contributed by atoms with Gasteiger partial charge in [0.2, 0.25) is 0 Å². The van der Waals surface area contributed by atoms with Crippen LogP contribution in [0, 0.1) is 23.7 Å². The Morgan fingerprint density at radius 1 is 1.00 bits per heavy atom. The van der Waals surface area contributed by atoms with Crippen LogP contribution >= 0.6 is 0 Å². The lowest BCUT2D eigenvalue weighted by atomic mass is 9.71. The summed E-state index contributed by atoms with van der Waals surface area (Å²) in [6.45, 7) is 2.64. The highest BCUT2D eigenvalue weighted by Crippen LogP contribution is 2.58. The molecule has 1 N–H and O–H groups in total. The smallest absolute Gasteiger partial charge is 0.00151 e. The molecular formula is C9H15N. The molecule has 0 aromatic heterocycles. The molecule has 4 unspecified atom stereocenters. The van der Waals surface area contributed by atoms with Gasteiger partial charge in [0.1, 0.15) is 0 Å². The van der Waals surface area contributed by atoms with E-state index in [0.29, 0.717) is 0 Å². The van der Waals surface area contributed by atoms with E-state index in [9.17, 15) is 0 Å². The lowest BCUT2D eigenvalue weighted by Crippen LogP contribution is -2.35. The molecule has 1 nitrogen and oxygen atoms in total. The van der Waals surface area contributed by atoms with Crippen LogP contribution in [0.2, 0.25) is 0 Å². The minimum absolute atomic E-state index is 1.10. The third-order valence-corrected chi connectivity index (χ3v) is 4.01. The van der Waals surface area contributed by atoms with Gasteiger partial charge in [0.25, 0.3) is 0 Å². The highest BCUT2D eigenvalue weighted by atomic mass is 14.9. The maximum atomic E-state index is 3.54. The van der Waals surface area contributed by atoms with Crippen LogP contribution in [0.1, 0.15) is 19.3 Å². The Labute approximate surface area is 62.2 Å². The van der Waals surface area contributed by atoms with Crippen molar-refractivity contribution in [3.63, 3.8) is 0 Å². The van der Waals surface area contributed by atoms with E-state index in [2.05, 4.69) is 5.32 Å². The van der Waals surface area contributed by atoms with E-state index in [1.807, 2.05) is 0 Å². The van der Waals surface area contributed by atoms with Crippen LogP contribution < -0.4 is 5.32 Å². The Morgan fingerprint density at radius 2 is 2.00 bits per heavy atom. The zero-order chi connectivity index (χ0) is 6.55. The van der Waals surface area contributed by atoms with E-state index in [0.717, 1.165) is 23.7 Å². The summed E-state index contributed by atoms with van der Waals surface area (Å²) in [5.41, 5.74) is 0. The van der Waals surface area contributed by atoms with Crippen molar-refractivity contribution in [1.29, 1.82) is 0 Å². The van der Waals surface area contributed by atoms with Gasteiger partial charge in [-0.1, -0.05) is 0 Å². The van der Waals surface area contributed by atoms with E-state index in [1.165, 1.54) is 19.5 Å². The summed E-state index contributed by atoms with van der Waals surface area (Å²) in [5.74, 6) is 4.53. The molecule has 0 aromatic carbocycles. The van der Waals surface area contributed by atoms with Gasteiger partial charge in [0.05, 0.1) is 0 Å². The van der Waals surface area contributed by atoms with E-state index < -0.39 is 0 Å². The van der Waals surface area contributed by atoms with Crippen molar-refractivity contribution < 1.29 is 0 Å². The summed E-state index contributed by atoms with van der Waals surface area (Å²) in [6.07, 6.45) is 4.63. The number of hydrogen-bond acceptors (Lipinski definition) is 1. The first kappa shape index (κ1) is 5.59. The highest BCUT2D eigenvalue weighted by Gasteiger charge is 2.52. The molecule has 4 bridgehead atoms. The fourth-order valence-corrected chi connectivity index (χ4v) is 3.44. The summed E-state index contributed by atoms with van der Waals surface area (Å²) in [5, 5.41) is 3.54. The van der Waals surface area contributed by atoms with Gasteiger partial charge in [-0.2, -0.15) is 0 Å². The molecule has 3 aliphatic carbocycles. The first-order valence-electron chi connectivity index (χ1n) is 4.66. The Balaban J connectivity index is 1.87. The lowest BCUT2D eigenvalue weighted by molar-refractivity contribution is 0.149. The van der Waals surface area contributed by atoms with Crippen molar-refractivity contribution in [3.8, 4) is 0 Å². The first-order valence-corrected chi connectivity index (χ1v) is 4.66. The molecular weight excluding hydrogens is 122 g/mol. The van der Waals surface area contributed by atoms with Gasteiger partial charge in [0.15, 0.2) is 0 Å². The Bertz CT molecular complexity index is 147. The minimum Gasteiger partial charge on any atom is -0.316 e. The summed E-state index contributed by atoms with van der Waals surface area (Å²) in [4.78, 5) is 0. The number of nitrogens with one attached hydrogen (secondary N) is 1. The third-order valence-electron chi connectivity index (χ3n) is 4.01. The van der Waals surface area contributed by atoms with Crippen LogP contribution in [0.15, 0.2) is 0 Å².